The Kier molecular flexibility index (Phi) is 4.26. The summed E-state index contributed by atoms with van der Waals surface area (Å²) in [4.78, 5) is 46.7. The second-order valence-corrected chi connectivity index (χ2v) is 5.86. The van der Waals surface area contributed by atoms with Gasteiger partial charge in [-0.2, -0.15) is 0 Å². The highest BCUT2D eigenvalue weighted by Gasteiger charge is 2.30. The van der Waals surface area contributed by atoms with Crippen molar-refractivity contribution in [1.82, 2.24) is 9.88 Å². The van der Waals surface area contributed by atoms with Crippen LogP contribution in [0.1, 0.15) is 24.4 Å². The zero-order valence-electron chi connectivity index (χ0n) is 13.4. The van der Waals surface area contributed by atoms with Gasteiger partial charge in [0, 0.05) is 23.9 Å². The van der Waals surface area contributed by atoms with E-state index in [0.29, 0.717) is 5.52 Å². The molecule has 2 N–H and O–H groups in total. The summed E-state index contributed by atoms with van der Waals surface area (Å²) in [7, 11) is 0. The predicted molar refractivity (Wildman–Crippen MR) is 87.5 cm³/mol. The fraction of sp³-hybridized carbons (Fsp3) is 0.294. The van der Waals surface area contributed by atoms with Crippen molar-refractivity contribution in [3.8, 4) is 5.75 Å². The molecule has 8 nitrogen and oxygen atoms in total. The Morgan fingerprint density at radius 2 is 2.08 bits per heavy atom. The Labute approximate surface area is 142 Å². The molecule has 1 aliphatic rings. The molecule has 0 aliphatic carbocycles. The van der Waals surface area contributed by atoms with E-state index < -0.39 is 24.5 Å². The van der Waals surface area contributed by atoms with Gasteiger partial charge in [-0.05, 0) is 31.0 Å². The number of benzene rings is 1. The highest BCUT2D eigenvalue weighted by molar-refractivity contribution is 6.00. The number of carboxylic acid groups (broad SMARTS) is 1. The molecule has 0 radical (unpaired) electrons. The second kappa shape index (κ2) is 6.39. The Balaban J connectivity index is 2.14. The standard InChI is InChI=1S/C17H16N2O6/c1-9-6-15(21)19(12-4-5-14(20)18-17(12)24)13-7-10(2-3-11(9)13)25-8-16(22)23/h2-3,6-7,12H,4-5,8H2,1H3,(H,22,23)(H,18,20,24). The summed E-state index contributed by atoms with van der Waals surface area (Å²) >= 11 is 0. The molecule has 1 aromatic heterocycles. The molecular formula is C17H16N2O6. The van der Waals surface area contributed by atoms with Crippen molar-refractivity contribution in [3.63, 3.8) is 0 Å². The minimum Gasteiger partial charge on any atom is -0.482 e. The highest BCUT2D eigenvalue weighted by atomic mass is 16.5. The monoisotopic (exact) mass is 344 g/mol. The van der Waals surface area contributed by atoms with Crippen LogP contribution in [0, 0.1) is 6.92 Å². The number of imide groups is 1. The van der Waals surface area contributed by atoms with Gasteiger partial charge in [0.25, 0.3) is 5.56 Å². The summed E-state index contributed by atoms with van der Waals surface area (Å²) < 4.78 is 6.50. The third-order valence-electron chi connectivity index (χ3n) is 4.12. The molecule has 25 heavy (non-hydrogen) atoms. The van der Waals surface area contributed by atoms with E-state index in [-0.39, 0.29) is 30.1 Å². The zero-order valence-corrected chi connectivity index (χ0v) is 13.4. The number of aryl methyl sites for hydroxylation is 1. The molecule has 3 rings (SSSR count). The fourth-order valence-electron chi connectivity index (χ4n) is 2.98. The average Bonchev–Trinajstić information content (AvgIpc) is 2.54. The van der Waals surface area contributed by atoms with Gasteiger partial charge in [-0.25, -0.2) is 4.79 Å². The van der Waals surface area contributed by atoms with Gasteiger partial charge in [0.15, 0.2) is 6.61 Å². The maximum Gasteiger partial charge on any atom is 0.341 e. The minimum absolute atomic E-state index is 0.146. The van der Waals surface area contributed by atoms with E-state index in [0.717, 1.165) is 10.9 Å². The third-order valence-corrected chi connectivity index (χ3v) is 4.12. The molecule has 2 amide bonds. The zero-order chi connectivity index (χ0) is 18.1. The Bertz CT molecular complexity index is 946. The number of carboxylic acids is 1. The van der Waals surface area contributed by atoms with E-state index in [1.54, 1.807) is 19.1 Å². The lowest BCUT2D eigenvalue weighted by Gasteiger charge is -2.25. The number of nitrogens with zero attached hydrogens (tertiary/aromatic N) is 1. The van der Waals surface area contributed by atoms with Crippen LogP contribution in [0.15, 0.2) is 29.1 Å². The van der Waals surface area contributed by atoms with Crippen LogP contribution < -0.4 is 15.6 Å². The summed E-state index contributed by atoms with van der Waals surface area (Å²) in [5, 5.41) is 11.7. The number of carbonyl (C=O) groups excluding carboxylic acids is 2. The molecule has 1 unspecified atom stereocenters. The number of nitrogens with one attached hydrogen (secondary N) is 1. The van der Waals surface area contributed by atoms with Crippen molar-refractivity contribution >= 4 is 28.7 Å². The number of fused-ring (bicyclic) bond motifs is 1. The normalized spacial score (nSPS) is 17.4. The highest BCUT2D eigenvalue weighted by Crippen LogP contribution is 2.27. The number of carbonyl (C=O) groups is 3. The van der Waals surface area contributed by atoms with Gasteiger partial charge in [0.1, 0.15) is 11.8 Å². The van der Waals surface area contributed by atoms with E-state index in [1.807, 2.05) is 0 Å². The molecule has 0 bridgehead atoms. The van der Waals surface area contributed by atoms with Gasteiger partial charge in [0.2, 0.25) is 11.8 Å². The van der Waals surface area contributed by atoms with Crippen molar-refractivity contribution in [2.24, 2.45) is 0 Å². The van der Waals surface area contributed by atoms with E-state index in [2.05, 4.69) is 5.32 Å². The molecule has 130 valence electrons. The van der Waals surface area contributed by atoms with Crippen LogP contribution in [0.25, 0.3) is 10.9 Å². The van der Waals surface area contributed by atoms with E-state index in [9.17, 15) is 19.2 Å². The summed E-state index contributed by atoms with van der Waals surface area (Å²) in [6.07, 6.45) is 0.371. The first-order valence-corrected chi connectivity index (χ1v) is 7.71. The average molecular weight is 344 g/mol. The third kappa shape index (κ3) is 3.23. The van der Waals surface area contributed by atoms with Gasteiger partial charge in [0.05, 0.1) is 5.52 Å². The molecule has 1 atom stereocenters. The molecule has 2 heterocycles. The first kappa shape index (κ1) is 16.7. The van der Waals surface area contributed by atoms with Crippen LogP contribution in [-0.2, 0) is 14.4 Å². The number of amides is 2. The lowest BCUT2D eigenvalue weighted by atomic mass is 10.0. The molecule has 1 aliphatic heterocycles. The number of ether oxygens (including phenoxy) is 1. The van der Waals surface area contributed by atoms with Crippen LogP contribution in [0.4, 0.5) is 0 Å². The van der Waals surface area contributed by atoms with Crippen molar-refractivity contribution in [1.29, 1.82) is 0 Å². The van der Waals surface area contributed by atoms with Gasteiger partial charge in [-0.1, -0.05) is 0 Å². The summed E-state index contributed by atoms with van der Waals surface area (Å²) in [5.74, 6) is -1.73. The Hall–Kier alpha value is -3.16. The lowest BCUT2D eigenvalue weighted by Crippen LogP contribution is -2.44. The summed E-state index contributed by atoms with van der Waals surface area (Å²) in [5.41, 5.74) is 0.825. The van der Waals surface area contributed by atoms with E-state index in [4.69, 9.17) is 9.84 Å². The molecule has 1 fully saturated rings. The van der Waals surface area contributed by atoms with Crippen molar-refractivity contribution in [2.75, 3.05) is 6.61 Å². The maximum atomic E-state index is 12.5. The maximum absolute atomic E-state index is 12.5. The fourth-order valence-corrected chi connectivity index (χ4v) is 2.98. The molecule has 0 saturated carbocycles. The number of rotatable bonds is 4. The van der Waals surface area contributed by atoms with Crippen LogP contribution >= 0.6 is 0 Å². The van der Waals surface area contributed by atoms with Crippen LogP contribution in [0.5, 0.6) is 5.75 Å². The van der Waals surface area contributed by atoms with Gasteiger partial charge in [-0.15, -0.1) is 0 Å². The number of aromatic nitrogens is 1. The minimum atomic E-state index is -1.12. The molecular weight excluding hydrogens is 328 g/mol. The topological polar surface area (TPSA) is 115 Å². The number of pyridine rings is 1. The van der Waals surface area contributed by atoms with E-state index >= 15 is 0 Å². The first-order chi connectivity index (χ1) is 11.9. The predicted octanol–water partition coefficient (Wildman–Crippen LogP) is 0.751. The van der Waals surface area contributed by atoms with Gasteiger partial charge >= 0.3 is 5.97 Å². The van der Waals surface area contributed by atoms with Crippen LogP contribution in [0.3, 0.4) is 0 Å². The Morgan fingerprint density at radius 1 is 1.32 bits per heavy atom. The largest absolute Gasteiger partial charge is 0.482 e. The summed E-state index contributed by atoms with van der Waals surface area (Å²) in [6.45, 7) is 1.26. The summed E-state index contributed by atoms with van der Waals surface area (Å²) in [6, 6.07) is 5.49. The lowest BCUT2D eigenvalue weighted by molar-refractivity contribution is -0.139. The molecule has 1 saturated heterocycles. The van der Waals surface area contributed by atoms with Crippen LogP contribution in [-0.4, -0.2) is 34.1 Å². The van der Waals surface area contributed by atoms with Crippen molar-refractivity contribution < 1.29 is 24.2 Å². The number of hydrogen-bond acceptors (Lipinski definition) is 5. The first-order valence-electron chi connectivity index (χ1n) is 7.71. The molecule has 2 aromatic rings. The Morgan fingerprint density at radius 3 is 2.76 bits per heavy atom. The second-order valence-electron chi connectivity index (χ2n) is 5.86. The quantitative estimate of drug-likeness (QED) is 0.791. The SMILES string of the molecule is Cc1cc(=O)n(C2CCC(=O)NC2=O)c2cc(OCC(=O)O)ccc12. The van der Waals surface area contributed by atoms with Gasteiger partial charge in [-0.3, -0.25) is 24.3 Å². The molecule has 0 spiro atoms. The van der Waals surface area contributed by atoms with Crippen LogP contribution in [0.2, 0.25) is 0 Å². The number of hydrogen-bond donors (Lipinski definition) is 2. The number of aliphatic carboxylic acids is 1. The van der Waals surface area contributed by atoms with Crippen molar-refractivity contribution in [3.05, 3.63) is 40.2 Å². The molecule has 8 heteroatoms. The van der Waals surface area contributed by atoms with E-state index in [1.165, 1.54) is 16.7 Å². The van der Waals surface area contributed by atoms with Crippen molar-refractivity contribution in [2.45, 2.75) is 25.8 Å². The molecule has 1 aromatic carbocycles. The van der Waals surface area contributed by atoms with Gasteiger partial charge < -0.3 is 9.84 Å². The smallest absolute Gasteiger partial charge is 0.341 e. The number of piperidine rings is 1.